The summed E-state index contributed by atoms with van der Waals surface area (Å²) in [6.07, 6.45) is 0. The van der Waals surface area contributed by atoms with E-state index in [0.29, 0.717) is 11.3 Å². The third-order valence-electron chi connectivity index (χ3n) is 4.77. The lowest BCUT2D eigenvalue weighted by atomic mass is 10.2. The smallest absolute Gasteiger partial charge is 0.262 e. The van der Waals surface area contributed by atoms with Crippen LogP contribution in [0.2, 0.25) is 0 Å². The van der Waals surface area contributed by atoms with Crippen molar-refractivity contribution in [2.75, 3.05) is 17.1 Å². The Hall–Kier alpha value is -3.28. The summed E-state index contributed by atoms with van der Waals surface area (Å²) in [5.74, 6) is -1.86. The average molecular weight is 492 g/mol. The summed E-state index contributed by atoms with van der Waals surface area (Å²) in [7, 11) is -6.68. The van der Waals surface area contributed by atoms with Crippen LogP contribution in [0.25, 0.3) is 0 Å². The standard InChI is InChI=1S/C22H22FN3O5S2/c1-14-5-4-6-17(11-14)26-33(30,31)21-12-16(8-7-15(21)2)25-22(27)19-13-18(9-10-20(19)23)32(28,29)24-3/h4-13,24,26H,1-3H3,(H,25,27). The van der Waals surface area contributed by atoms with Crippen LogP contribution in [-0.4, -0.2) is 29.8 Å². The number of anilines is 2. The first-order valence-electron chi connectivity index (χ1n) is 9.67. The van der Waals surface area contributed by atoms with Crippen LogP contribution in [0, 0.1) is 19.7 Å². The molecule has 0 radical (unpaired) electrons. The summed E-state index contributed by atoms with van der Waals surface area (Å²) in [6, 6.07) is 13.8. The fourth-order valence-electron chi connectivity index (χ4n) is 3.05. The van der Waals surface area contributed by atoms with Gasteiger partial charge in [0.2, 0.25) is 10.0 Å². The second kappa shape index (κ2) is 9.30. The average Bonchev–Trinajstić information content (AvgIpc) is 2.74. The van der Waals surface area contributed by atoms with E-state index in [2.05, 4.69) is 14.8 Å². The van der Waals surface area contributed by atoms with E-state index >= 15 is 0 Å². The van der Waals surface area contributed by atoms with Crippen molar-refractivity contribution in [3.05, 3.63) is 83.2 Å². The van der Waals surface area contributed by atoms with E-state index in [4.69, 9.17) is 0 Å². The number of hydrogen-bond acceptors (Lipinski definition) is 5. The second-order valence-corrected chi connectivity index (χ2v) is 10.8. The van der Waals surface area contributed by atoms with Crippen LogP contribution in [0.4, 0.5) is 15.8 Å². The number of sulfonamides is 2. The van der Waals surface area contributed by atoms with Crippen molar-refractivity contribution in [1.29, 1.82) is 0 Å². The lowest BCUT2D eigenvalue weighted by Crippen LogP contribution is -2.20. The number of benzene rings is 3. The second-order valence-electron chi connectivity index (χ2n) is 7.26. The maximum absolute atomic E-state index is 14.2. The normalized spacial score (nSPS) is 11.8. The highest BCUT2D eigenvalue weighted by molar-refractivity contribution is 7.92. The van der Waals surface area contributed by atoms with Crippen LogP contribution < -0.4 is 14.8 Å². The fourth-order valence-corrected chi connectivity index (χ4v) is 5.13. The Balaban J connectivity index is 1.91. The van der Waals surface area contributed by atoms with E-state index in [0.717, 1.165) is 23.8 Å². The first kappa shape index (κ1) is 24.4. The highest BCUT2D eigenvalue weighted by atomic mass is 32.2. The molecule has 1 amide bonds. The first-order chi connectivity index (χ1) is 15.4. The van der Waals surface area contributed by atoms with Crippen molar-refractivity contribution in [1.82, 2.24) is 4.72 Å². The van der Waals surface area contributed by atoms with E-state index < -0.39 is 37.3 Å². The van der Waals surface area contributed by atoms with Gasteiger partial charge in [0.15, 0.2) is 0 Å². The Morgan fingerprint density at radius 3 is 2.24 bits per heavy atom. The minimum atomic E-state index is -3.98. The molecule has 33 heavy (non-hydrogen) atoms. The molecule has 0 aromatic heterocycles. The van der Waals surface area contributed by atoms with Gasteiger partial charge in [-0.2, -0.15) is 0 Å². The number of halogens is 1. The maximum atomic E-state index is 14.2. The molecule has 0 saturated heterocycles. The van der Waals surface area contributed by atoms with E-state index in [1.807, 2.05) is 13.0 Å². The molecule has 11 heteroatoms. The van der Waals surface area contributed by atoms with Gasteiger partial charge in [0, 0.05) is 11.4 Å². The van der Waals surface area contributed by atoms with Crippen molar-refractivity contribution in [2.45, 2.75) is 23.6 Å². The number of carbonyl (C=O) groups is 1. The molecule has 3 aromatic carbocycles. The molecule has 174 valence electrons. The molecule has 3 aromatic rings. The topological polar surface area (TPSA) is 121 Å². The summed E-state index contributed by atoms with van der Waals surface area (Å²) in [5, 5.41) is 2.42. The minimum absolute atomic E-state index is 0.0752. The van der Waals surface area contributed by atoms with Crippen molar-refractivity contribution in [3.63, 3.8) is 0 Å². The molecule has 0 aliphatic carbocycles. The van der Waals surface area contributed by atoms with E-state index in [1.54, 1.807) is 25.1 Å². The number of amides is 1. The van der Waals surface area contributed by atoms with Gasteiger partial charge in [-0.15, -0.1) is 0 Å². The number of rotatable bonds is 7. The lowest BCUT2D eigenvalue weighted by molar-refractivity contribution is 0.102. The van der Waals surface area contributed by atoms with E-state index in [9.17, 15) is 26.0 Å². The Morgan fingerprint density at radius 1 is 0.848 bits per heavy atom. The predicted octanol–water partition coefficient (Wildman–Crippen LogP) is 3.40. The number of hydrogen-bond donors (Lipinski definition) is 3. The molecule has 0 aliphatic rings. The van der Waals surface area contributed by atoms with Gasteiger partial charge in [0.25, 0.3) is 15.9 Å². The number of carbonyl (C=O) groups excluding carboxylic acids is 1. The molecule has 0 saturated carbocycles. The SMILES string of the molecule is CNS(=O)(=O)c1ccc(F)c(C(=O)Nc2ccc(C)c(S(=O)(=O)Nc3cccc(C)c3)c2)c1. The molecule has 0 aliphatic heterocycles. The van der Waals surface area contributed by atoms with Gasteiger partial charge in [-0.25, -0.2) is 25.9 Å². The van der Waals surface area contributed by atoms with Gasteiger partial charge >= 0.3 is 0 Å². The third-order valence-corrected chi connectivity index (χ3v) is 7.70. The summed E-state index contributed by atoms with van der Waals surface area (Å²) in [6.45, 7) is 3.43. The molecular weight excluding hydrogens is 469 g/mol. The Labute approximate surface area is 192 Å². The lowest BCUT2D eigenvalue weighted by Gasteiger charge is -2.13. The predicted molar refractivity (Wildman–Crippen MR) is 124 cm³/mol. The van der Waals surface area contributed by atoms with E-state index in [1.165, 1.54) is 25.2 Å². The van der Waals surface area contributed by atoms with Crippen molar-refractivity contribution in [3.8, 4) is 0 Å². The van der Waals surface area contributed by atoms with Crippen LogP contribution in [0.3, 0.4) is 0 Å². The summed E-state index contributed by atoms with van der Waals surface area (Å²) >= 11 is 0. The number of nitrogens with one attached hydrogen (secondary N) is 3. The highest BCUT2D eigenvalue weighted by Gasteiger charge is 2.21. The third kappa shape index (κ3) is 5.56. The van der Waals surface area contributed by atoms with Crippen LogP contribution in [-0.2, 0) is 20.0 Å². The van der Waals surface area contributed by atoms with Gasteiger partial charge in [-0.3, -0.25) is 9.52 Å². The zero-order chi connectivity index (χ0) is 24.4. The molecule has 0 unspecified atom stereocenters. The summed E-state index contributed by atoms with van der Waals surface area (Å²) in [5.41, 5.74) is 1.28. The molecule has 3 N–H and O–H groups in total. The molecule has 0 heterocycles. The van der Waals surface area contributed by atoms with Crippen molar-refractivity contribution >= 4 is 37.3 Å². The van der Waals surface area contributed by atoms with Crippen molar-refractivity contribution < 1.29 is 26.0 Å². The number of aryl methyl sites for hydroxylation is 2. The van der Waals surface area contributed by atoms with Gasteiger partial charge in [-0.1, -0.05) is 18.2 Å². The highest BCUT2D eigenvalue weighted by Crippen LogP contribution is 2.24. The fraction of sp³-hybridized carbons (Fsp3) is 0.136. The monoisotopic (exact) mass is 491 g/mol. The van der Waals surface area contributed by atoms with Crippen LogP contribution in [0.5, 0.6) is 0 Å². The van der Waals surface area contributed by atoms with Crippen molar-refractivity contribution in [2.24, 2.45) is 0 Å². The molecule has 0 spiro atoms. The summed E-state index contributed by atoms with van der Waals surface area (Å²) < 4.78 is 68.6. The van der Waals surface area contributed by atoms with Gasteiger partial charge in [0.05, 0.1) is 15.4 Å². The zero-order valence-electron chi connectivity index (χ0n) is 18.0. The Morgan fingerprint density at radius 2 is 1.58 bits per heavy atom. The Kier molecular flexibility index (Phi) is 6.86. The molecular formula is C22H22FN3O5S2. The maximum Gasteiger partial charge on any atom is 0.262 e. The quantitative estimate of drug-likeness (QED) is 0.468. The van der Waals surface area contributed by atoms with E-state index in [-0.39, 0.29) is 15.5 Å². The van der Waals surface area contributed by atoms with Gasteiger partial charge in [0.1, 0.15) is 5.82 Å². The van der Waals surface area contributed by atoms with Crippen LogP contribution >= 0.6 is 0 Å². The molecule has 0 bridgehead atoms. The molecule has 0 fully saturated rings. The van der Waals surface area contributed by atoms with Gasteiger partial charge in [-0.05, 0) is 74.5 Å². The molecule has 0 atom stereocenters. The zero-order valence-corrected chi connectivity index (χ0v) is 19.6. The van der Waals surface area contributed by atoms with Gasteiger partial charge < -0.3 is 5.32 Å². The molecule has 8 nitrogen and oxygen atoms in total. The van der Waals surface area contributed by atoms with Crippen LogP contribution in [0.15, 0.2) is 70.5 Å². The molecule has 3 rings (SSSR count). The first-order valence-corrected chi connectivity index (χ1v) is 12.6. The Bertz CT molecular complexity index is 1440. The summed E-state index contributed by atoms with van der Waals surface area (Å²) in [4.78, 5) is 12.3. The largest absolute Gasteiger partial charge is 0.322 e. The minimum Gasteiger partial charge on any atom is -0.322 e. The van der Waals surface area contributed by atoms with Crippen LogP contribution in [0.1, 0.15) is 21.5 Å².